The quantitative estimate of drug-likeness (QED) is 0.429. The lowest BCUT2D eigenvalue weighted by Crippen LogP contribution is -2.49. The van der Waals surface area contributed by atoms with E-state index >= 15 is 0 Å². The van der Waals surface area contributed by atoms with Crippen LogP contribution >= 0.6 is 0 Å². The van der Waals surface area contributed by atoms with Crippen LogP contribution in [0.5, 0.6) is 5.75 Å². The standard InChI is InChI=1S/C26H26FN5O3/c1-35-22-8-6-21(7-9-22)29-12-14-30(15-13-29)25(33)10-11-31-16-17-32-24(26(31)34)18-23(28-32)19-2-4-20(27)5-3-19/h2-9,16-18H,10-15H2,1H3. The number of fused-ring (bicyclic) bond motifs is 1. The van der Waals surface area contributed by atoms with Crippen molar-refractivity contribution in [3.8, 4) is 17.0 Å². The van der Waals surface area contributed by atoms with Crippen molar-refractivity contribution >= 4 is 17.1 Å². The van der Waals surface area contributed by atoms with Gasteiger partial charge in [0.05, 0.1) is 12.8 Å². The van der Waals surface area contributed by atoms with Gasteiger partial charge in [-0.25, -0.2) is 8.91 Å². The van der Waals surface area contributed by atoms with Crippen molar-refractivity contribution in [1.29, 1.82) is 0 Å². The molecule has 0 atom stereocenters. The fourth-order valence-electron chi connectivity index (χ4n) is 4.35. The Morgan fingerprint density at radius 3 is 2.40 bits per heavy atom. The molecule has 0 N–H and O–H groups in total. The smallest absolute Gasteiger partial charge is 0.276 e. The van der Waals surface area contributed by atoms with E-state index in [0.717, 1.165) is 30.1 Å². The maximum absolute atomic E-state index is 13.2. The van der Waals surface area contributed by atoms with Gasteiger partial charge in [-0.3, -0.25) is 9.59 Å². The second kappa shape index (κ2) is 9.61. The second-order valence-corrected chi connectivity index (χ2v) is 8.48. The molecule has 1 aliphatic heterocycles. The number of piperazine rings is 1. The molecule has 0 radical (unpaired) electrons. The third kappa shape index (κ3) is 4.75. The minimum absolute atomic E-state index is 0.0339. The summed E-state index contributed by atoms with van der Waals surface area (Å²) < 4.78 is 21.5. The van der Waals surface area contributed by atoms with Crippen LogP contribution in [0.25, 0.3) is 16.8 Å². The van der Waals surface area contributed by atoms with Crippen LogP contribution in [0, 0.1) is 5.82 Å². The van der Waals surface area contributed by atoms with Crippen LogP contribution in [0.2, 0.25) is 0 Å². The predicted molar refractivity (Wildman–Crippen MR) is 131 cm³/mol. The van der Waals surface area contributed by atoms with Crippen LogP contribution in [-0.2, 0) is 11.3 Å². The fraction of sp³-hybridized carbons (Fsp3) is 0.269. The number of aryl methyl sites for hydroxylation is 1. The van der Waals surface area contributed by atoms with Crippen molar-refractivity contribution in [2.75, 3.05) is 38.2 Å². The van der Waals surface area contributed by atoms with Crippen molar-refractivity contribution in [1.82, 2.24) is 19.1 Å². The molecule has 0 spiro atoms. The van der Waals surface area contributed by atoms with Crippen molar-refractivity contribution in [2.45, 2.75) is 13.0 Å². The highest BCUT2D eigenvalue weighted by Gasteiger charge is 2.21. The molecule has 2 aromatic heterocycles. The van der Waals surface area contributed by atoms with Gasteiger partial charge in [-0.15, -0.1) is 0 Å². The summed E-state index contributed by atoms with van der Waals surface area (Å²) in [6, 6.07) is 15.6. The summed E-state index contributed by atoms with van der Waals surface area (Å²) in [5, 5.41) is 4.42. The van der Waals surface area contributed by atoms with Crippen LogP contribution in [-0.4, -0.2) is 58.3 Å². The number of hydrogen-bond donors (Lipinski definition) is 0. The summed E-state index contributed by atoms with van der Waals surface area (Å²) in [6.07, 6.45) is 3.59. The van der Waals surface area contributed by atoms with Gasteiger partial charge in [0.15, 0.2) is 0 Å². The minimum Gasteiger partial charge on any atom is -0.497 e. The van der Waals surface area contributed by atoms with Gasteiger partial charge in [-0.1, -0.05) is 0 Å². The number of amides is 1. The number of anilines is 1. The van der Waals surface area contributed by atoms with Gasteiger partial charge >= 0.3 is 0 Å². The van der Waals surface area contributed by atoms with Crippen LogP contribution in [0.3, 0.4) is 0 Å². The van der Waals surface area contributed by atoms with E-state index in [0.29, 0.717) is 30.8 Å². The monoisotopic (exact) mass is 475 g/mol. The third-order valence-corrected chi connectivity index (χ3v) is 6.38. The molecule has 0 aliphatic carbocycles. The molecular formula is C26H26FN5O3. The van der Waals surface area contributed by atoms with Crippen molar-refractivity contribution in [3.63, 3.8) is 0 Å². The molecule has 180 valence electrons. The highest BCUT2D eigenvalue weighted by molar-refractivity contribution is 5.76. The highest BCUT2D eigenvalue weighted by atomic mass is 19.1. The SMILES string of the molecule is COc1ccc(N2CCN(C(=O)CCn3ccn4nc(-c5ccc(F)cc5)cc4c3=O)CC2)cc1. The van der Waals surface area contributed by atoms with Crippen molar-refractivity contribution in [3.05, 3.63) is 83.2 Å². The van der Waals surface area contributed by atoms with Gasteiger partial charge in [-0.05, 0) is 54.6 Å². The number of rotatable bonds is 6. The first kappa shape index (κ1) is 22.6. The molecule has 9 heteroatoms. The van der Waals surface area contributed by atoms with Crippen LogP contribution in [0.15, 0.2) is 71.8 Å². The van der Waals surface area contributed by atoms with Crippen molar-refractivity contribution in [2.24, 2.45) is 0 Å². The van der Waals surface area contributed by atoms with E-state index < -0.39 is 0 Å². The van der Waals surface area contributed by atoms with Gasteiger partial charge in [0.25, 0.3) is 5.56 Å². The zero-order valence-electron chi connectivity index (χ0n) is 19.4. The number of benzene rings is 2. The molecule has 1 amide bonds. The maximum Gasteiger partial charge on any atom is 0.276 e. The number of halogens is 1. The second-order valence-electron chi connectivity index (χ2n) is 8.48. The number of carbonyl (C=O) groups excluding carboxylic acids is 1. The Balaban J connectivity index is 1.20. The van der Waals surface area contributed by atoms with Crippen LogP contribution in [0.4, 0.5) is 10.1 Å². The van der Waals surface area contributed by atoms with Gasteiger partial charge in [0.1, 0.15) is 17.1 Å². The zero-order chi connectivity index (χ0) is 24.4. The van der Waals surface area contributed by atoms with Gasteiger partial charge in [0.2, 0.25) is 5.91 Å². The summed E-state index contributed by atoms with van der Waals surface area (Å²) in [5.41, 5.74) is 2.62. The summed E-state index contributed by atoms with van der Waals surface area (Å²) in [4.78, 5) is 29.9. The summed E-state index contributed by atoms with van der Waals surface area (Å²) in [7, 11) is 1.65. The Morgan fingerprint density at radius 2 is 1.71 bits per heavy atom. The van der Waals surface area contributed by atoms with Crippen LogP contribution < -0.4 is 15.2 Å². The molecule has 1 saturated heterocycles. The molecule has 4 aromatic rings. The summed E-state index contributed by atoms with van der Waals surface area (Å²) >= 11 is 0. The first-order valence-electron chi connectivity index (χ1n) is 11.5. The lowest BCUT2D eigenvalue weighted by atomic mass is 10.1. The molecule has 0 bridgehead atoms. The van der Waals surface area contributed by atoms with Gasteiger partial charge in [0, 0.05) is 62.8 Å². The Morgan fingerprint density at radius 1 is 1.00 bits per heavy atom. The number of methoxy groups -OCH3 is 1. The normalized spacial score (nSPS) is 13.9. The maximum atomic E-state index is 13.2. The Kier molecular flexibility index (Phi) is 6.22. The van der Waals surface area contributed by atoms with Gasteiger partial charge in [-0.2, -0.15) is 5.10 Å². The number of carbonyl (C=O) groups is 1. The number of nitrogens with zero attached hydrogens (tertiary/aromatic N) is 5. The van der Waals surface area contributed by atoms with Gasteiger partial charge < -0.3 is 19.1 Å². The number of hydrogen-bond acceptors (Lipinski definition) is 5. The first-order valence-corrected chi connectivity index (χ1v) is 11.5. The number of aromatic nitrogens is 3. The molecule has 0 saturated carbocycles. The van der Waals surface area contributed by atoms with Crippen molar-refractivity contribution < 1.29 is 13.9 Å². The zero-order valence-corrected chi connectivity index (χ0v) is 19.4. The molecule has 1 aliphatic rings. The largest absolute Gasteiger partial charge is 0.497 e. The third-order valence-electron chi connectivity index (χ3n) is 6.38. The number of ether oxygens (including phenoxy) is 1. The Hall–Kier alpha value is -4.14. The molecule has 8 nitrogen and oxygen atoms in total. The molecule has 0 unspecified atom stereocenters. The lowest BCUT2D eigenvalue weighted by molar-refractivity contribution is -0.131. The molecule has 1 fully saturated rings. The molecule has 2 aromatic carbocycles. The molecule has 5 rings (SSSR count). The summed E-state index contributed by atoms with van der Waals surface area (Å²) in [5.74, 6) is 0.525. The average Bonchev–Trinajstić information content (AvgIpc) is 3.34. The molecule has 35 heavy (non-hydrogen) atoms. The van der Waals surface area contributed by atoms with E-state index in [1.54, 1.807) is 37.7 Å². The van der Waals surface area contributed by atoms with Crippen LogP contribution in [0.1, 0.15) is 6.42 Å². The lowest BCUT2D eigenvalue weighted by Gasteiger charge is -2.36. The fourth-order valence-corrected chi connectivity index (χ4v) is 4.35. The molecule has 3 heterocycles. The van der Waals surface area contributed by atoms with E-state index in [9.17, 15) is 14.0 Å². The Labute approximate surface area is 201 Å². The van der Waals surface area contributed by atoms with E-state index in [4.69, 9.17) is 4.74 Å². The predicted octanol–water partition coefficient (Wildman–Crippen LogP) is 3.05. The van der Waals surface area contributed by atoms with E-state index in [2.05, 4.69) is 10.00 Å². The summed E-state index contributed by atoms with van der Waals surface area (Å²) in [6.45, 7) is 3.09. The molecular weight excluding hydrogens is 449 g/mol. The van der Waals surface area contributed by atoms with E-state index in [-0.39, 0.29) is 23.7 Å². The van der Waals surface area contributed by atoms with E-state index in [1.807, 2.05) is 29.2 Å². The topological polar surface area (TPSA) is 72.1 Å². The highest BCUT2D eigenvalue weighted by Crippen LogP contribution is 2.21. The first-order chi connectivity index (χ1) is 17.0. The average molecular weight is 476 g/mol. The van der Waals surface area contributed by atoms with E-state index in [1.165, 1.54) is 21.2 Å². The minimum atomic E-state index is -0.327. The Bertz CT molecular complexity index is 1390.